The largest absolute Gasteiger partial charge is 0.475 e. The van der Waals surface area contributed by atoms with Crippen molar-refractivity contribution >= 4 is 23.9 Å². The van der Waals surface area contributed by atoms with Crippen molar-refractivity contribution in [1.29, 1.82) is 0 Å². The van der Waals surface area contributed by atoms with Gasteiger partial charge in [-0.2, -0.15) is 0 Å². The highest BCUT2D eigenvalue weighted by molar-refractivity contribution is 7.98. The summed E-state index contributed by atoms with van der Waals surface area (Å²) in [5, 5.41) is 0.928. The van der Waals surface area contributed by atoms with Crippen LogP contribution in [0.15, 0.2) is 72.9 Å². The summed E-state index contributed by atoms with van der Waals surface area (Å²) in [7, 11) is 0. The molecule has 0 bridgehead atoms. The average molecular weight is 485 g/mol. The van der Waals surface area contributed by atoms with Crippen LogP contribution in [0.1, 0.15) is 29.5 Å². The fourth-order valence-electron chi connectivity index (χ4n) is 4.45. The minimum atomic E-state index is -0.268. The Morgan fingerprint density at radius 1 is 1.09 bits per heavy atom. The van der Waals surface area contributed by atoms with E-state index >= 15 is 0 Å². The van der Waals surface area contributed by atoms with E-state index in [1.54, 1.807) is 36.0 Å². The Balaban J connectivity index is 1.53. The lowest BCUT2D eigenvalue weighted by Crippen LogP contribution is -2.15. The Bertz CT molecular complexity index is 1400. The molecule has 0 saturated heterocycles. The van der Waals surface area contributed by atoms with Crippen LogP contribution in [0.3, 0.4) is 0 Å². The highest BCUT2D eigenvalue weighted by atomic mass is 32.2. The standard InChI is InChI=1S/C28H25FN4OS/c1-4-18-8-13-25(31-23(18)5-2)34-17-22-11-12-24-32-27(19-6-9-21(29)10-7-19)28(33(22)24)20-14-15-30-26(16-20)35-3/h4-10,13-16,22H,1-2,11-12,17H2,3H3/t22-/m0/s1. The number of halogens is 1. The highest BCUT2D eigenvalue weighted by Gasteiger charge is 2.31. The van der Waals surface area contributed by atoms with Gasteiger partial charge in [-0.15, -0.1) is 11.8 Å². The summed E-state index contributed by atoms with van der Waals surface area (Å²) in [5.74, 6) is 1.28. The molecule has 0 fully saturated rings. The number of pyridine rings is 2. The molecule has 0 unspecified atom stereocenters. The van der Waals surface area contributed by atoms with Gasteiger partial charge in [0.2, 0.25) is 5.88 Å². The maximum atomic E-state index is 13.6. The molecule has 5 rings (SSSR count). The van der Waals surface area contributed by atoms with E-state index in [4.69, 9.17) is 9.72 Å². The molecule has 4 aromatic rings. The summed E-state index contributed by atoms with van der Waals surface area (Å²) in [6.45, 7) is 8.11. The molecule has 0 N–H and O–H groups in total. The van der Waals surface area contributed by atoms with Gasteiger partial charge in [0.25, 0.3) is 0 Å². The fourth-order valence-corrected chi connectivity index (χ4v) is 4.86. The molecule has 176 valence electrons. The summed E-state index contributed by atoms with van der Waals surface area (Å²) in [4.78, 5) is 14.0. The van der Waals surface area contributed by atoms with E-state index in [9.17, 15) is 4.39 Å². The Labute approximate surface area is 208 Å². The van der Waals surface area contributed by atoms with Gasteiger partial charge in [-0.3, -0.25) is 0 Å². The van der Waals surface area contributed by atoms with E-state index in [0.717, 1.165) is 57.5 Å². The number of hydrogen-bond donors (Lipinski definition) is 0. The molecule has 0 aliphatic carbocycles. The number of ether oxygens (including phenoxy) is 1. The van der Waals surface area contributed by atoms with Gasteiger partial charge in [-0.1, -0.05) is 19.2 Å². The SMILES string of the molecule is C=Cc1ccc(OC[C@@H]2CCc3nc(-c4ccc(F)cc4)c(-c4ccnc(SC)c4)n32)nc1C=C. The summed E-state index contributed by atoms with van der Waals surface area (Å²) in [6, 6.07) is 14.4. The zero-order valence-electron chi connectivity index (χ0n) is 19.4. The van der Waals surface area contributed by atoms with E-state index in [1.165, 1.54) is 12.1 Å². The van der Waals surface area contributed by atoms with Gasteiger partial charge in [0.15, 0.2) is 0 Å². The van der Waals surface area contributed by atoms with Crippen LogP contribution in [0.4, 0.5) is 4.39 Å². The zero-order chi connectivity index (χ0) is 24.4. The smallest absolute Gasteiger partial charge is 0.213 e. The van der Waals surface area contributed by atoms with E-state index in [0.29, 0.717) is 12.5 Å². The molecule has 0 radical (unpaired) electrons. The van der Waals surface area contributed by atoms with Crippen molar-refractivity contribution in [3.63, 3.8) is 0 Å². The number of benzene rings is 1. The summed E-state index contributed by atoms with van der Waals surface area (Å²) in [6.07, 6.45) is 9.03. The van der Waals surface area contributed by atoms with Crippen molar-refractivity contribution in [2.24, 2.45) is 0 Å². The molecular formula is C28H25FN4OS. The Hall–Kier alpha value is -3.71. The van der Waals surface area contributed by atoms with Crippen molar-refractivity contribution in [3.05, 3.63) is 90.8 Å². The first-order valence-corrected chi connectivity index (χ1v) is 12.6. The predicted molar refractivity (Wildman–Crippen MR) is 140 cm³/mol. The van der Waals surface area contributed by atoms with Crippen LogP contribution >= 0.6 is 11.8 Å². The number of aromatic nitrogens is 4. The normalized spacial score (nSPS) is 14.5. The maximum absolute atomic E-state index is 13.6. The first-order valence-electron chi connectivity index (χ1n) is 11.4. The maximum Gasteiger partial charge on any atom is 0.213 e. The average Bonchev–Trinajstić information content (AvgIpc) is 3.47. The van der Waals surface area contributed by atoms with Gasteiger partial charge in [0.1, 0.15) is 18.2 Å². The van der Waals surface area contributed by atoms with Crippen LogP contribution in [0.25, 0.3) is 34.7 Å². The molecule has 1 aliphatic rings. The van der Waals surface area contributed by atoms with Crippen LogP contribution in [0, 0.1) is 5.82 Å². The summed E-state index contributed by atoms with van der Waals surface area (Å²) >= 11 is 1.59. The molecule has 5 nitrogen and oxygen atoms in total. The summed E-state index contributed by atoms with van der Waals surface area (Å²) in [5.41, 5.74) is 5.40. The number of rotatable bonds is 8. The lowest BCUT2D eigenvalue weighted by atomic mass is 10.0. The van der Waals surface area contributed by atoms with Crippen molar-refractivity contribution < 1.29 is 9.13 Å². The van der Waals surface area contributed by atoms with Gasteiger partial charge in [-0.05, 0) is 66.8 Å². The number of thioether (sulfide) groups is 1. The second-order valence-corrected chi connectivity index (χ2v) is 9.05. The number of hydrogen-bond acceptors (Lipinski definition) is 5. The quantitative estimate of drug-likeness (QED) is 0.260. The monoisotopic (exact) mass is 484 g/mol. The van der Waals surface area contributed by atoms with Gasteiger partial charge in [-0.25, -0.2) is 19.3 Å². The molecule has 1 aromatic carbocycles. The Morgan fingerprint density at radius 2 is 1.91 bits per heavy atom. The van der Waals surface area contributed by atoms with Crippen LogP contribution < -0.4 is 4.74 Å². The fraction of sp³-hybridized carbons (Fsp3) is 0.179. The third kappa shape index (κ3) is 4.51. The number of nitrogens with zero attached hydrogens (tertiary/aromatic N) is 4. The van der Waals surface area contributed by atoms with Crippen LogP contribution in [-0.2, 0) is 6.42 Å². The Kier molecular flexibility index (Phi) is 6.51. The Morgan fingerprint density at radius 3 is 2.66 bits per heavy atom. The molecule has 0 amide bonds. The van der Waals surface area contributed by atoms with Gasteiger partial charge in [0, 0.05) is 29.8 Å². The lowest BCUT2D eigenvalue weighted by molar-refractivity contribution is 0.247. The molecule has 0 spiro atoms. The third-order valence-corrected chi connectivity index (χ3v) is 6.80. The third-order valence-electron chi connectivity index (χ3n) is 6.15. The minimum Gasteiger partial charge on any atom is -0.475 e. The molecule has 4 heterocycles. The zero-order valence-corrected chi connectivity index (χ0v) is 20.3. The van der Waals surface area contributed by atoms with E-state index in [2.05, 4.69) is 33.8 Å². The molecule has 3 aromatic heterocycles. The van der Waals surface area contributed by atoms with E-state index in [-0.39, 0.29) is 11.9 Å². The van der Waals surface area contributed by atoms with Crippen molar-refractivity contribution in [2.75, 3.05) is 12.9 Å². The van der Waals surface area contributed by atoms with Crippen molar-refractivity contribution in [2.45, 2.75) is 23.9 Å². The van der Waals surface area contributed by atoms with Crippen LogP contribution in [0.2, 0.25) is 0 Å². The van der Waals surface area contributed by atoms with E-state index < -0.39 is 0 Å². The minimum absolute atomic E-state index is 0.0839. The topological polar surface area (TPSA) is 52.8 Å². The molecule has 1 aliphatic heterocycles. The molecule has 7 heteroatoms. The summed E-state index contributed by atoms with van der Waals surface area (Å²) < 4.78 is 22.1. The van der Waals surface area contributed by atoms with Gasteiger partial charge in [0.05, 0.1) is 28.1 Å². The predicted octanol–water partition coefficient (Wildman–Crippen LogP) is 6.72. The van der Waals surface area contributed by atoms with Crippen LogP contribution in [0.5, 0.6) is 5.88 Å². The van der Waals surface area contributed by atoms with Gasteiger partial charge >= 0.3 is 0 Å². The number of fused-ring (bicyclic) bond motifs is 1. The second-order valence-electron chi connectivity index (χ2n) is 8.22. The lowest BCUT2D eigenvalue weighted by Gasteiger charge is -2.18. The number of imidazole rings is 1. The highest BCUT2D eigenvalue weighted by Crippen LogP contribution is 2.40. The van der Waals surface area contributed by atoms with Gasteiger partial charge < -0.3 is 9.30 Å². The first kappa shape index (κ1) is 23.1. The first-order chi connectivity index (χ1) is 17.1. The molecule has 0 saturated carbocycles. The number of aryl methyl sites for hydroxylation is 1. The van der Waals surface area contributed by atoms with E-state index in [1.807, 2.05) is 30.7 Å². The van der Waals surface area contributed by atoms with Crippen molar-refractivity contribution in [1.82, 2.24) is 19.5 Å². The second kappa shape index (κ2) is 9.88. The molecule has 35 heavy (non-hydrogen) atoms. The van der Waals surface area contributed by atoms with Crippen LogP contribution in [-0.4, -0.2) is 32.4 Å². The molecule has 1 atom stereocenters. The molecular weight excluding hydrogens is 459 g/mol. The van der Waals surface area contributed by atoms with Crippen molar-refractivity contribution in [3.8, 4) is 28.4 Å².